The first-order chi connectivity index (χ1) is 14.1. The summed E-state index contributed by atoms with van der Waals surface area (Å²) in [4.78, 5) is 0. The molecule has 0 atom stereocenters. The quantitative estimate of drug-likeness (QED) is 0.314. The molecule has 0 radical (unpaired) electrons. The molecule has 1 heterocycles. The van der Waals surface area contributed by atoms with Gasteiger partial charge in [-0.2, -0.15) is 0 Å². The molecule has 0 bridgehead atoms. The predicted molar refractivity (Wildman–Crippen MR) is 119 cm³/mol. The van der Waals surface area contributed by atoms with Crippen LogP contribution in [0.4, 0.5) is 0 Å². The fourth-order valence-corrected chi connectivity index (χ4v) is 5.54. The first-order valence-corrected chi connectivity index (χ1v) is 10.4. The molecule has 1 nitrogen and oxygen atoms in total. The van der Waals surface area contributed by atoms with Gasteiger partial charge in [-0.1, -0.05) is 48.5 Å². The van der Waals surface area contributed by atoms with E-state index in [0.29, 0.717) is 0 Å². The number of hydrogen-bond acceptors (Lipinski definition) is 0. The zero-order valence-electron chi connectivity index (χ0n) is 17.2. The van der Waals surface area contributed by atoms with Crippen molar-refractivity contribution in [3.05, 3.63) is 100 Å². The van der Waals surface area contributed by atoms with Crippen molar-refractivity contribution in [3.8, 4) is 33.5 Å². The summed E-state index contributed by atoms with van der Waals surface area (Å²) in [6, 6.07) is 22.5. The Bertz CT molecular complexity index is 1330. The first kappa shape index (κ1) is 16.7. The van der Waals surface area contributed by atoms with Gasteiger partial charge in [-0.05, 0) is 82.3 Å². The lowest BCUT2D eigenvalue weighted by Gasteiger charge is -2.18. The summed E-state index contributed by atoms with van der Waals surface area (Å²) in [7, 11) is 2.17. The van der Waals surface area contributed by atoms with Crippen LogP contribution in [-0.2, 0) is 19.9 Å². The second-order valence-corrected chi connectivity index (χ2v) is 8.58. The van der Waals surface area contributed by atoms with Crippen LogP contribution in [-0.4, -0.2) is 0 Å². The second-order valence-electron chi connectivity index (χ2n) is 8.58. The number of pyridine rings is 1. The maximum Gasteiger partial charge on any atom is 0.213 e. The van der Waals surface area contributed by atoms with Gasteiger partial charge in [-0.25, -0.2) is 4.57 Å². The van der Waals surface area contributed by atoms with Crippen LogP contribution in [0.25, 0.3) is 33.5 Å². The molecule has 140 valence electrons. The van der Waals surface area contributed by atoms with Crippen molar-refractivity contribution < 1.29 is 4.57 Å². The highest BCUT2D eigenvalue weighted by molar-refractivity contribution is 5.97. The Kier molecular flexibility index (Phi) is 3.41. The highest BCUT2D eigenvalue weighted by Gasteiger charge is 2.34. The summed E-state index contributed by atoms with van der Waals surface area (Å²) in [5.74, 6) is 0. The average Bonchev–Trinajstić information content (AvgIpc) is 3.29. The molecule has 0 saturated heterocycles. The van der Waals surface area contributed by atoms with Crippen molar-refractivity contribution in [1.29, 1.82) is 0 Å². The van der Waals surface area contributed by atoms with E-state index in [-0.39, 0.29) is 0 Å². The third-order valence-electron chi connectivity index (χ3n) is 6.83. The number of benzene rings is 3. The highest BCUT2D eigenvalue weighted by Crippen LogP contribution is 2.52. The fourth-order valence-electron chi connectivity index (χ4n) is 5.54. The Labute approximate surface area is 172 Å². The number of hydrogen-bond donors (Lipinski definition) is 0. The van der Waals surface area contributed by atoms with Gasteiger partial charge >= 0.3 is 0 Å². The Morgan fingerprint density at radius 1 is 0.690 bits per heavy atom. The molecule has 4 aromatic rings. The summed E-state index contributed by atoms with van der Waals surface area (Å²) in [6.07, 6.45) is 4.27. The van der Waals surface area contributed by atoms with E-state index in [4.69, 9.17) is 0 Å². The van der Waals surface area contributed by atoms with Gasteiger partial charge in [0.1, 0.15) is 7.05 Å². The number of nitrogens with zero attached hydrogens (tertiary/aromatic N) is 1. The van der Waals surface area contributed by atoms with Gasteiger partial charge in [0, 0.05) is 12.1 Å². The molecular weight excluding hydrogens is 350 g/mol. The molecule has 0 spiro atoms. The van der Waals surface area contributed by atoms with E-state index < -0.39 is 0 Å². The maximum absolute atomic E-state index is 2.35. The molecule has 2 aliphatic rings. The minimum absolute atomic E-state index is 1.03. The lowest BCUT2D eigenvalue weighted by molar-refractivity contribution is -0.660. The third kappa shape index (κ3) is 2.25. The van der Waals surface area contributed by atoms with Gasteiger partial charge in [-0.3, -0.25) is 0 Å². The first-order valence-electron chi connectivity index (χ1n) is 10.4. The molecule has 29 heavy (non-hydrogen) atoms. The lowest BCUT2D eigenvalue weighted by Crippen LogP contribution is -2.31. The molecule has 0 saturated carbocycles. The molecule has 2 aliphatic carbocycles. The van der Waals surface area contributed by atoms with Crippen molar-refractivity contribution in [1.82, 2.24) is 0 Å². The second kappa shape index (κ2) is 5.90. The van der Waals surface area contributed by atoms with Gasteiger partial charge in [-0.15, -0.1) is 0 Å². The maximum atomic E-state index is 2.35. The van der Waals surface area contributed by atoms with E-state index in [2.05, 4.69) is 92.3 Å². The molecular formula is C28H24N+. The molecule has 1 aromatic heterocycles. The topological polar surface area (TPSA) is 3.88 Å². The molecule has 1 heteroatoms. The van der Waals surface area contributed by atoms with Crippen LogP contribution < -0.4 is 4.57 Å². The van der Waals surface area contributed by atoms with Crippen molar-refractivity contribution in [2.75, 3.05) is 0 Å². The van der Waals surface area contributed by atoms with E-state index in [9.17, 15) is 0 Å². The smallest absolute Gasteiger partial charge is 0.201 e. The summed E-state index contributed by atoms with van der Waals surface area (Å²) in [5, 5.41) is 0. The number of rotatable bonds is 1. The van der Waals surface area contributed by atoms with Gasteiger partial charge in [0.2, 0.25) is 5.69 Å². The third-order valence-corrected chi connectivity index (χ3v) is 6.83. The summed E-state index contributed by atoms with van der Waals surface area (Å²) in [6.45, 7) is 4.53. The SMILES string of the molecule is Cc1cc[n+](C)c(-c2c(C)c3c(c4c2Cc2ccccc2-4)Cc2ccccc2-3)c1. The summed E-state index contributed by atoms with van der Waals surface area (Å²) < 4.78 is 2.28. The van der Waals surface area contributed by atoms with Crippen molar-refractivity contribution in [2.24, 2.45) is 7.05 Å². The zero-order valence-corrected chi connectivity index (χ0v) is 17.2. The van der Waals surface area contributed by atoms with Crippen LogP contribution in [0.5, 0.6) is 0 Å². The van der Waals surface area contributed by atoms with E-state index >= 15 is 0 Å². The van der Waals surface area contributed by atoms with Gasteiger partial charge in [0.15, 0.2) is 6.20 Å². The number of aryl methyl sites for hydroxylation is 2. The van der Waals surface area contributed by atoms with E-state index in [1.54, 1.807) is 0 Å². The van der Waals surface area contributed by atoms with E-state index in [0.717, 1.165) is 12.8 Å². The van der Waals surface area contributed by atoms with Crippen molar-refractivity contribution in [3.63, 3.8) is 0 Å². The molecule has 0 fully saturated rings. The van der Waals surface area contributed by atoms with Crippen LogP contribution in [0.1, 0.15) is 33.4 Å². The van der Waals surface area contributed by atoms with Crippen LogP contribution >= 0.6 is 0 Å². The van der Waals surface area contributed by atoms with Gasteiger partial charge < -0.3 is 0 Å². The highest BCUT2D eigenvalue weighted by atomic mass is 14.9. The van der Waals surface area contributed by atoms with Crippen LogP contribution in [0, 0.1) is 13.8 Å². The fraction of sp³-hybridized carbons (Fsp3) is 0.179. The van der Waals surface area contributed by atoms with Crippen molar-refractivity contribution >= 4 is 0 Å². The molecule has 0 aliphatic heterocycles. The van der Waals surface area contributed by atoms with Crippen molar-refractivity contribution in [2.45, 2.75) is 26.7 Å². The summed E-state index contributed by atoms with van der Waals surface area (Å²) >= 11 is 0. The zero-order chi connectivity index (χ0) is 19.7. The Morgan fingerprint density at radius 3 is 1.97 bits per heavy atom. The molecule has 6 rings (SSSR count). The van der Waals surface area contributed by atoms with Crippen LogP contribution in [0.2, 0.25) is 0 Å². The monoisotopic (exact) mass is 374 g/mol. The Balaban J connectivity index is 1.77. The number of fused-ring (bicyclic) bond motifs is 7. The summed E-state index contributed by atoms with van der Waals surface area (Å²) in [5.41, 5.74) is 17.3. The molecule has 0 unspecified atom stereocenters. The minimum Gasteiger partial charge on any atom is -0.201 e. The Hall–Kier alpha value is -3.19. The van der Waals surface area contributed by atoms with Crippen LogP contribution in [0.15, 0.2) is 66.9 Å². The van der Waals surface area contributed by atoms with Gasteiger partial charge in [0.05, 0.1) is 5.56 Å². The Morgan fingerprint density at radius 2 is 1.28 bits per heavy atom. The van der Waals surface area contributed by atoms with Gasteiger partial charge in [0.25, 0.3) is 0 Å². The lowest BCUT2D eigenvalue weighted by atomic mass is 9.85. The average molecular weight is 375 g/mol. The molecule has 0 amide bonds. The minimum atomic E-state index is 1.03. The van der Waals surface area contributed by atoms with E-state index in [1.807, 2.05) is 0 Å². The number of aromatic nitrogens is 1. The molecule has 3 aromatic carbocycles. The predicted octanol–water partition coefficient (Wildman–Crippen LogP) is 5.94. The molecule has 0 N–H and O–H groups in total. The van der Waals surface area contributed by atoms with E-state index in [1.165, 1.54) is 66.9 Å². The normalized spacial score (nSPS) is 13.1. The largest absolute Gasteiger partial charge is 0.213 e. The van der Waals surface area contributed by atoms with Crippen LogP contribution in [0.3, 0.4) is 0 Å². The standard InChI is InChI=1S/C28H24N/c1-17-12-13-29(3)25(14-17)27-18(2)26-21-10-6-4-8-19(21)15-23(26)28-22-11-7-5-9-20(22)16-24(27)28/h4-14H,15-16H2,1-3H3/q+1.